The molecule has 0 aliphatic carbocycles. The summed E-state index contributed by atoms with van der Waals surface area (Å²) in [4.78, 5) is 25.0. The molecule has 2 saturated heterocycles. The Morgan fingerprint density at radius 2 is 1.86 bits per heavy atom. The number of nitrogens with one attached hydrogen (secondary N) is 1. The summed E-state index contributed by atoms with van der Waals surface area (Å²) in [6.07, 6.45) is 2.43. The van der Waals surface area contributed by atoms with Crippen molar-refractivity contribution in [1.29, 1.82) is 0 Å². The summed E-state index contributed by atoms with van der Waals surface area (Å²) in [7, 11) is 0. The highest BCUT2D eigenvalue weighted by atomic mass is 35.5. The summed E-state index contributed by atoms with van der Waals surface area (Å²) in [6.45, 7) is 4.79. The smallest absolute Gasteiger partial charge is 0.223 e. The van der Waals surface area contributed by atoms with E-state index in [9.17, 15) is 4.79 Å². The number of aryl methyl sites for hydroxylation is 1. The Morgan fingerprint density at radius 1 is 1.03 bits per heavy atom. The molecule has 0 unspecified atom stereocenters. The predicted octanol–water partition coefficient (Wildman–Crippen LogP) is 5.31. The molecule has 2 aliphatic heterocycles. The van der Waals surface area contributed by atoms with Gasteiger partial charge in [0.1, 0.15) is 5.82 Å². The number of fused-ring (bicyclic) bond motifs is 2. The number of benzene rings is 2. The minimum absolute atomic E-state index is 0.0000837. The maximum absolute atomic E-state index is 12.8. The van der Waals surface area contributed by atoms with E-state index in [0.717, 1.165) is 78.2 Å². The molecule has 0 saturated carbocycles. The number of hydrogen-bond acceptors (Lipinski definition) is 5. The van der Waals surface area contributed by atoms with Crippen molar-refractivity contribution >= 4 is 57.0 Å². The van der Waals surface area contributed by atoms with Crippen molar-refractivity contribution in [1.82, 2.24) is 19.9 Å². The average molecular weight is 524 g/mol. The van der Waals surface area contributed by atoms with Crippen LogP contribution in [0.1, 0.15) is 24.8 Å². The van der Waals surface area contributed by atoms with Crippen LogP contribution in [0.4, 0.5) is 5.95 Å². The van der Waals surface area contributed by atoms with Gasteiger partial charge in [0.15, 0.2) is 0 Å². The number of hydrogen-bond donors (Lipinski definition) is 1. The van der Waals surface area contributed by atoms with Crippen LogP contribution in [0.25, 0.3) is 27.8 Å². The fourth-order valence-corrected chi connectivity index (χ4v) is 5.49. The zero-order valence-corrected chi connectivity index (χ0v) is 21.5. The average Bonchev–Trinajstić information content (AvgIpc) is 3.52. The number of carbonyl (C=O) groups excluding carboxylic acids is 1. The second kappa shape index (κ2) is 9.54. The number of amides is 1. The van der Waals surface area contributed by atoms with Crippen molar-refractivity contribution in [3.63, 3.8) is 0 Å². The van der Waals surface area contributed by atoms with Crippen molar-refractivity contribution < 1.29 is 9.53 Å². The van der Waals surface area contributed by atoms with Gasteiger partial charge in [-0.2, -0.15) is 0 Å². The third-order valence-electron chi connectivity index (χ3n) is 7.21. The Morgan fingerprint density at radius 3 is 2.64 bits per heavy atom. The number of nitrogens with zero attached hydrogens (tertiary/aromatic N) is 4. The first-order valence-electron chi connectivity index (χ1n) is 12.3. The van der Waals surface area contributed by atoms with E-state index >= 15 is 0 Å². The maximum atomic E-state index is 12.8. The first-order chi connectivity index (χ1) is 17.5. The third kappa shape index (κ3) is 4.40. The fraction of sp³-hybridized carbons (Fsp3) is 0.370. The summed E-state index contributed by atoms with van der Waals surface area (Å²) >= 11 is 12.7. The van der Waals surface area contributed by atoms with E-state index in [-0.39, 0.29) is 17.9 Å². The molecule has 1 amide bonds. The molecule has 2 aliphatic rings. The zero-order valence-electron chi connectivity index (χ0n) is 20.0. The van der Waals surface area contributed by atoms with Crippen LogP contribution in [0.15, 0.2) is 42.5 Å². The fourth-order valence-electron chi connectivity index (χ4n) is 5.15. The standard InChI is InChI=1S/C27H27Cl2N5O2/c1-16-12-23-24(14-21(16)29)34(25-5-2-18-13-19(28)3-4-22(18)31-25)27(32-23)33-9-6-17(7-10-33)26(35)30-20-8-11-36-15-20/h2-5,12-14,17,20H,6-11,15H2,1H3,(H,30,35)/t20-/m1/s1. The molecule has 9 heteroatoms. The molecule has 2 aromatic carbocycles. The molecule has 0 spiro atoms. The van der Waals surface area contributed by atoms with Crippen molar-refractivity contribution in [3.8, 4) is 5.82 Å². The van der Waals surface area contributed by atoms with E-state index in [0.29, 0.717) is 16.7 Å². The van der Waals surface area contributed by atoms with Crippen LogP contribution in [0.2, 0.25) is 10.0 Å². The van der Waals surface area contributed by atoms with Crippen LogP contribution >= 0.6 is 23.2 Å². The molecule has 4 aromatic rings. The minimum atomic E-state index is -0.0000837. The molecule has 7 nitrogen and oxygen atoms in total. The van der Waals surface area contributed by atoms with Gasteiger partial charge in [-0.05, 0) is 74.2 Å². The number of halogens is 2. The summed E-state index contributed by atoms with van der Waals surface area (Å²) in [5.41, 5.74) is 3.61. The van der Waals surface area contributed by atoms with E-state index in [1.807, 2.05) is 49.4 Å². The number of ether oxygens (including phenoxy) is 1. The number of carbonyl (C=O) groups is 1. The lowest BCUT2D eigenvalue weighted by Crippen LogP contribution is -2.44. The van der Waals surface area contributed by atoms with Crippen LogP contribution in [0.5, 0.6) is 0 Å². The number of piperidine rings is 1. The highest BCUT2D eigenvalue weighted by Gasteiger charge is 2.30. The minimum Gasteiger partial charge on any atom is -0.379 e. The molecule has 4 heterocycles. The van der Waals surface area contributed by atoms with E-state index in [4.69, 9.17) is 37.9 Å². The van der Waals surface area contributed by atoms with Gasteiger partial charge in [-0.25, -0.2) is 9.97 Å². The van der Waals surface area contributed by atoms with E-state index in [1.54, 1.807) is 0 Å². The summed E-state index contributed by atoms with van der Waals surface area (Å²) in [6, 6.07) is 13.8. The van der Waals surface area contributed by atoms with E-state index < -0.39 is 0 Å². The highest BCUT2D eigenvalue weighted by Crippen LogP contribution is 2.33. The Kier molecular flexibility index (Phi) is 6.23. The van der Waals surface area contributed by atoms with Gasteiger partial charge in [-0.1, -0.05) is 23.2 Å². The molecule has 2 aromatic heterocycles. The van der Waals surface area contributed by atoms with Gasteiger partial charge in [0.2, 0.25) is 11.9 Å². The molecule has 1 N–H and O–H groups in total. The Hall–Kier alpha value is -2.87. The number of anilines is 1. The number of aromatic nitrogens is 3. The second-order valence-electron chi connectivity index (χ2n) is 9.67. The second-order valence-corrected chi connectivity index (χ2v) is 10.5. The molecule has 0 bridgehead atoms. The number of rotatable bonds is 4. The van der Waals surface area contributed by atoms with Gasteiger partial charge in [0.25, 0.3) is 0 Å². The SMILES string of the molecule is Cc1cc2nc(N3CCC(C(=O)N[C@@H]4CCOC4)CC3)n(-c3ccc4cc(Cl)ccc4n3)c2cc1Cl. The summed E-state index contributed by atoms with van der Waals surface area (Å²) in [5.74, 6) is 1.72. The van der Waals surface area contributed by atoms with Crippen molar-refractivity contribution in [2.75, 3.05) is 31.2 Å². The maximum Gasteiger partial charge on any atom is 0.223 e. The molecular weight excluding hydrogens is 497 g/mol. The first kappa shape index (κ1) is 23.5. The van der Waals surface area contributed by atoms with E-state index in [2.05, 4.69) is 14.8 Å². The van der Waals surface area contributed by atoms with Crippen molar-refractivity contribution in [3.05, 3.63) is 58.1 Å². The van der Waals surface area contributed by atoms with Crippen LogP contribution in [-0.2, 0) is 9.53 Å². The largest absolute Gasteiger partial charge is 0.379 e. The predicted molar refractivity (Wildman–Crippen MR) is 143 cm³/mol. The number of pyridine rings is 1. The lowest BCUT2D eigenvalue weighted by molar-refractivity contribution is -0.126. The zero-order chi connectivity index (χ0) is 24.8. The first-order valence-corrected chi connectivity index (χ1v) is 13.1. The molecule has 0 radical (unpaired) electrons. The topological polar surface area (TPSA) is 72.3 Å². The van der Waals surface area contributed by atoms with Gasteiger partial charge in [0.05, 0.1) is 29.2 Å². The van der Waals surface area contributed by atoms with Gasteiger partial charge in [-0.15, -0.1) is 0 Å². The van der Waals surface area contributed by atoms with Gasteiger partial charge < -0.3 is 15.0 Å². The summed E-state index contributed by atoms with van der Waals surface area (Å²) < 4.78 is 7.47. The highest BCUT2D eigenvalue weighted by molar-refractivity contribution is 6.32. The van der Waals surface area contributed by atoms with Gasteiger partial charge >= 0.3 is 0 Å². The molecule has 1 atom stereocenters. The van der Waals surface area contributed by atoms with Crippen molar-refractivity contribution in [2.24, 2.45) is 5.92 Å². The van der Waals surface area contributed by atoms with Crippen LogP contribution in [0, 0.1) is 12.8 Å². The normalized spacial score (nSPS) is 18.9. The molecule has 36 heavy (non-hydrogen) atoms. The van der Waals surface area contributed by atoms with Crippen molar-refractivity contribution in [2.45, 2.75) is 32.2 Å². The molecule has 186 valence electrons. The Bertz CT molecular complexity index is 1460. The van der Waals surface area contributed by atoms with Crippen LogP contribution < -0.4 is 10.2 Å². The van der Waals surface area contributed by atoms with Gasteiger partial charge in [0, 0.05) is 41.0 Å². The van der Waals surface area contributed by atoms with E-state index in [1.165, 1.54) is 0 Å². The lowest BCUT2D eigenvalue weighted by atomic mass is 9.95. The molecular formula is C27H27Cl2N5O2. The lowest BCUT2D eigenvalue weighted by Gasteiger charge is -2.32. The monoisotopic (exact) mass is 523 g/mol. The summed E-state index contributed by atoms with van der Waals surface area (Å²) in [5, 5.41) is 5.51. The van der Waals surface area contributed by atoms with Crippen LogP contribution in [-0.4, -0.2) is 52.8 Å². The molecule has 2 fully saturated rings. The number of imidazole rings is 1. The van der Waals surface area contributed by atoms with Crippen LogP contribution in [0.3, 0.4) is 0 Å². The molecule has 6 rings (SSSR count). The Balaban J connectivity index is 1.33. The third-order valence-corrected chi connectivity index (χ3v) is 7.85. The Labute approximate surface area is 219 Å². The van der Waals surface area contributed by atoms with Gasteiger partial charge in [-0.3, -0.25) is 9.36 Å². The quantitative estimate of drug-likeness (QED) is 0.392.